The van der Waals surface area contributed by atoms with E-state index in [0.717, 1.165) is 10.5 Å². The number of benzene rings is 3. The zero-order chi connectivity index (χ0) is 24.5. The number of nitrogens with one attached hydrogen (secondary N) is 3. The summed E-state index contributed by atoms with van der Waals surface area (Å²) in [4.78, 5) is 36.4. The average molecular weight is 560 g/mol. The molecule has 0 atom stereocenters. The predicted molar refractivity (Wildman–Crippen MR) is 137 cm³/mol. The van der Waals surface area contributed by atoms with Crippen LogP contribution >= 0.6 is 0 Å². The van der Waals surface area contributed by atoms with E-state index in [2.05, 4.69) is 35.7 Å². The van der Waals surface area contributed by atoms with Gasteiger partial charge in [-0.2, -0.15) is 0 Å². The maximum absolute atomic E-state index is 12.1. The van der Waals surface area contributed by atoms with Gasteiger partial charge in [-0.15, -0.1) is 0 Å². The molecule has 0 aliphatic carbocycles. The molecule has 0 aliphatic rings. The Balaban J connectivity index is 2.01. The SMILES string of the molecule is C=CNC(=O)c1cc[c]([Sb]([c]2ccc(C(=O)NC=C)cc2)[c]2ccc(C(=O)NC=C)cc2)cc1. The normalized spacial score (nSPS) is 10.1. The third kappa shape index (κ3) is 5.91. The average Bonchev–Trinajstić information content (AvgIpc) is 2.86. The molecule has 0 heterocycles. The van der Waals surface area contributed by atoms with E-state index in [4.69, 9.17) is 0 Å². The topological polar surface area (TPSA) is 87.3 Å². The minimum absolute atomic E-state index is 0.222. The van der Waals surface area contributed by atoms with Gasteiger partial charge in [-0.05, 0) is 0 Å². The second kappa shape index (κ2) is 11.8. The van der Waals surface area contributed by atoms with Crippen LogP contribution < -0.4 is 26.5 Å². The van der Waals surface area contributed by atoms with Crippen LogP contribution in [0.25, 0.3) is 0 Å². The number of carbonyl (C=O) groups is 3. The van der Waals surface area contributed by atoms with E-state index in [1.54, 1.807) is 36.4 Å². The van der Waals surface area contributed by atoms with Gasteiger partial charge in [0.1, 0.15) is 0 Å². The first-order valence-electron chi connectivity index (χ1n) is 10.3. The molecule has 0 aromatic heterocycles. The van der Waals surface area contributed by atoms with E-state index in [0.29, 0.717) is 16.7 Å². The molecular weight excluding hydrogens is 536 g/mol. The van der Waals surface area contributed by atoms with Crippen LogP contribution in [0.2, 0.25) is 0 Å². The van der Waals surface area contributed by atoms with Gasteiger partial charge in [0.05, 0.1) is 0 Å². The second-order valence-electron chi connectivity index (χ2n) is 7.01. The molecule has 0 fully saturated rings. The first kappa shape index (κ1) is 24.7. The molecule has 3 N–H and O–H groups in total. The van der Waals surface area contributed by atoms with Crippen LogP contribution in [-0.2, 0) is 0 Å². The monoisotopic (exact) mass is 559 g/mol. The summed E-state index contributed by atoms with van der Waals surface area (Å²) in [6, 6.07) is 22.6. The predicted octanol–water partition coefficient (Wildman–Crippen LogP) is 1.82. The zero-order valence-electron chi connectivity index (χ0n) is 18.5. The summed E-state index contributed by atoms with van der Waals surface area (Å²) < 4.78 is 3.39. The molecule has 0 saturated carbocycles. The summed E-state index contributed by atoms with van der Waals surface area (Å²) in [5, 5.41) is 7.73. The molecule has 6 nitrogen and oxygen atoms in total. The molecular formula is C27H24N3O3Sb. The molecule has 0 spiro atoms. The zero-order valence-corrected chi connectivity index (χ0v) is 21.0. The summed E-state index contributed by atoms with van der Waals surface area (Å²) in [6.07, 6.45) is 4.06. The Morgan fingerprint density at radius 2 is 0.735 bits per heavy atom. The molecule has 0 radical (unpaired) electrons. The summed E-state index contributed by atoms with van der Waals surface area (Å²) in [5.41, 5.74) is 1.62. The fourth-order valence-electron chi connectivity index (χ4n) is 3.26. The van der Waals surface area contributed by atoms with E-state index in [9.17, 15) is 14.4 Å². The van der Waals surface area contributed by atoms with Crippen LogP contribution in [0.15, 0.2) is 111 Å². The Bertz CT molecular complexity index is 1060. The van der Waals surface area contributed by atoms with Gasteiger partial charge in [0, 0.05) is 0 Å². The van der Waals surface area contributed by atoms with E-state index in [1.165, 1.54) is 18.6 Å². The summed E-state index contributed by atoms with van der Waals surface area (Å²) in [6.45, 7) is 10.6. The molecule has 34 heavy (non-hydrogen) atoms. The van der Waals surface area contributed by atoms with E-state index in [1.807, 2.05) is 36.4 Å². The molecule has 3 aromatic rings. The summed E-state index contributed by atoms with van der Waals surface area (Å²) in [5.74, 6) is -0.666. The first-order valence-corrected chi connectivity index (χ1v) is 14.2. The van der Waals surface area contributed by atoms with Crippen molar-refractivity contribution in [2.75, 3.05) is 0 Å². The maximum atomic E-state index is 12.1. The van der Waals surface area contributed by atoms with Gasteiger partial charge in [-0.3, -0.25) is 0 Å². The Hall–Kier alpha value is -3.89. The molecule has 3 amide bonds. The van der Waals surface area contributed by atoms with E-state index >= 15 is 0 Å². The van der Waals surface area contributed by atoms with Crippen molar-refractivity contribution in [2.24, 2.45) is 0 Å². The van der Waals surface area contributed by atoms with Gasteiger partial charge in [0.2, 0.25) is 0 Å². The van der Waals surface area contributed by atoms with Gasteiger partial charge in [0.15, 0.2) is 0 Å². The third-order valence-corrected chi connectivity index (χ3v) is 11.8. The van der Waals surface area contributed by atoms with Crippen LogP contribution in [-0.4, -0.2) is 37.9 Å². The standard InChI is InChI=1S/3C9H8NO.Sb/c3*1-2-10-9(11)8-6-4-3-5-7-8;/h3*2,4-7H,1H2,(H,10,11);. The quantitative estimate of drug-likeness (QED) is 0.350. The van der Waals surface area contributed by atoms with Crippen molar-refractivity contribution in [1.29, 1.82) is 0 Å². The second-order valence-corrected chi connectivity index (χ2v) is 13.3. The Morgan fingerprint density at radius 1 is 0.500 bits per heavy atom. The van der Waals surface area contributed by atoms with Crippen LogP contribution in [0, 0.1) is 0 Å². The number of rotatable bonds is 9. The van der Waals surface area contributed by atoms with Gasteiger partial charge in [-0.1, -0.05) is 0 Å². The minimum atomic E-state index is -2.54. The van der Waals surface area contributed by atoms with Crippen molar-refractivity contribution in [2.45, 2.75) is 0 Å². The van der Waals surface area contributed by atoms with Crippen LogP contribution in [0.1, 0.15) is 31.1 Å². The fourth-order valence-corrected chi connectivity index (χ4v) is 9.64. The van der Waals surface area contributed by atoms with Crippen molar-refractivity contribution < 1.29 is 14.4 Å². The number of amides is 3. The number of carbonyl (C=O) groups excluding carboxylic acids is 3. The molecule has 3 aromatic carbocycles. The van der Waals surface area contributed by atoms with Crippen molar-refractivity contribution in [3.05, 3.63) is 128 Å². The summed E-state index contributed by atoms with van der Waals surface area (Å²) in [7, 11) is 0. The van der Waals surface area contributed by atoms with E-state index < -0.39 is 20.2 Å². The Labute approximate surface area is 206 Å². The Kier molecular flexibility index (Phi) is 8.60. The van der Waals surface area contributed by atoms with Crippen molar-refractivity contribution >= 4 is 48.5 Å². The van der Waals surface area contributed by atoms with Crippen LogP contribution in [0.5, 0.6) is 0 Å². The van der Waals surface area contributed by atoms with Gasteiger partial charge < -0.3 is 0 Å². The number of hydrogen-bond donors (Lipinski definition) is 3. The molecule has 0 aliphatic heterocycles. The van der Waals surface area contributed by atoms with Crippen LogP contribution in [0.3, 0.4) is 0 Å². The molecule has 0 saturated heterocycles. The van der Waals surface area contributed by atoms with E-state index in [-0.39, 0.29) is 17.7 Å². The molecule has 3 rings (SSSR count). The molecule has 170 valence electrons. The van der Waals surface area contributed by atoms with Gasteiger partial charge in [-0.25, -0.2) is 0 Å². The molecule has 0 unspecified atom stereocenters. The number of hydrogen-bond acceptors (Lipinski definition) is 3. The van der Waals surface area contributed by atoms with Gasteiger partial charge >= 0.3 is 207 Å². The van der Waals surface area contributed by atoms with Gasteiger partial charge in [0.25, 0.3) is 0 Å². The van der Waals surface area contributed by atoms with Crippen molar-refractivity contribution in [3.63, 3.8) is 0 Å². The Morgan fingerprint density at radius 3 is 0.941 bits per heavy atom. The first-order chi connectivity index (χ1) is 16.5. The fraction of sp³-hybridized carbons (Fsp3) is 0. The van der Waals surface area contributed by atoms with Crippen molar-refractivity contribution in [3.8, 4) is 0 Å². The van der Waals surface area contributed by atoms with Crippen molar-refractivity contribution in [1.82, 2.24) is 16.0 Å². The van der Waals surface area contributed by atoms with Crippen LogP contribution in [0.4, 0.5) is 0 Å². The molecule has 7 heteroatoms. The third-order valence-electron chi connectivity index (χ3n) is 4.86. The summed E-state index contributed by atoms with van der Waals surface area (Å²) >= 11 is -2.54. The molecule has 0 bridgehead atoms.